The van der Waals surface area contributed by atoms with Crippen molar-refractivity contribution < 1.29 is 9.53 Å². The minimum absolute atomic E-state index is 0.101. The Kier molecular flexibility index (Phi) is 4.25. The second-order valence-corrected chi connectivity index (χ2v) is 5.23. The molecule has 1 aromatic carbocycles. The van der Waals surface area contributed by atoms with Crippen LogP contribution in [0.25, 0.3) is 0 Å². The first-order valence-corrected chi connectivity index (χ1v) is 6.60. The molecule has 1 fully saturated rings. The van der Waals surface area contributed by atoms with E-state index in [1.807, 2.05) is 43.0 Å². The van der Waals surface area contributed by atoms with Crippen LogP contribution in [0.4, 0.5) is 0 Å². The van der Waals surface area contributed by atoms with Crippen molar-refractivity contribution in [3.63, 3.8) is 0 Å². The molecule has 98 valence electrons. The molecule has 2 rings (SSSR count). The van der Waals surface area contributed by atoms with Crippen molar-refractivity contribution in [3.05, 3.63) is 34.9 Å². The van der Waals surface area contributed by atoms with Gasteiger partial charge in [-0.25, -0.2) is 0 Å². The molecule has 2 unspecified atom stereocenters. The normalized spacial score (nSPS) is 24.1. The fourth-order valence-electron chi connectivity index (χ4n) is 2.30. The molecule has 1 aliphatic heterocycles. The number of benzene rings is 1. The number of halogens is 1. The van der Waals surface area contributed by atoms with E-state index in [9.17, 15) is 4.79 Å². The van der Waals surface area contributed by atoms with Gasteiger partial charge in [0, 0.05) is 18.1 Å². The molecule has 1 saturated heterocycles. The third kappa shape index (κ3) is 3.24. The zero-order valence-corrected chi connectivity index (χ0v) is 11.5. The highest BCUT2D eigenvalue weighted by Crippen LogP contribution is 2.18. The third-order valence-electron chi connectivity index (χ3n) is 3.07. The van der Waals surface area contributed by atoms with E-state index in [0.29, 0.717) is 24.5 Å². The molecule has 0 aliphatic carbocycles. The summed E-state index contributed by atoms with van der Waals surface area (Å²) in [6, 6.07) is 7.48. The zero-order valence-electron chi connectivity index (χ0n) is 10.7. The Bertz CT molecular complexity index is 426. The summed E-state index contributed by atoms with van der Waals surface area (Å²) >= 11 is 6.07. The number of morpholine rings is 1. The maximum atomic E-state index is 12.2. The van der Waals surface area contributed by atoms with E-state index in [0.717, 1.165) is 5.56 Å². The Hall–Kier alpha value is -1.06. The molecule has 4 heteroatoms. The highest BCUT2D eigenvalue weighted by atomic mass is 35.5. The standard InChI is InChI=1S/C14H18ClNO2/c1-10-8-16(9-11(2)18-10)14(17)7-12-5-3-4-6-13(12)15/h3-6,10-11H,7-9H2,1-2H3. The van der Waals surface area contributed by atoms with Gasteiger partial charge < -0.3 is 9.64 Å². The van der Waals surface area contributed by atoms with E-state index in [2.05, 4.69) is 0 Å². The third-order valence-corrected chi connectivity index (χ3v) is 3.44. The first-order chi connectivity index (χ1) is 8.56. The fourth-order valence-corrected chi connectivity index (χ4v) is 2.50. The van der Waals surface area contributed by atoms with Crippen molar-refractivity contribution >= 4 is 17.5 Å². The predicted octanol–water partition coefficient (Wildman–Crippen LogP) is 2.52. The van der Waals surface area contributed by atoms with E-state index < -0.39 is 0 Å². The number of carbonyl (C=O) groups is 1. The lowest BCUT2D eigenvalue weighted by Gasteiger charge is -2.35. The lowest BCUT2D eigenvalue weighted by molar-refractivity contribution is -0.142. The molecule has 0 bridgehead atoms. The molecule has 18 heavy (non-hydrogen) atoms. The van der Waals surface area contributed by atoms with Gasteiger partial charge >= 0.3 is 0 Å². The number of ether oxygens (including phenoxy) is 1. The maximum absolute atomic E-state index is 12.2. The lowest BCUT2D eigenvalue weighted by Crippen LogP contribution is -2.48. The van der Waals surface area contributed by atoms with Crippen LogP contribution in [0.1, 0.15) is 19.4 Å². The highest BCUT2D eigenvalue weighted by Gasteiger charge is 2.25. The lowest BCUT2D eigenvalue weighted by atomic mass is 10.1. The van der Waals surface area contributed by atoms with Crippen LogP contribution in [0, 0.1) is 0 Å². The molecule has 1 aliphatic rings. The van der Waals surface area contributed by atoms with E-state index in [1.165, 1.54) is 0 Å². The molecular weight excluding hydrogens is 250 g/mol. The van der Waals surface area contributed by atoms with Crippen LogP contribution in [-0.4, -0.2) is 36.1 Å². The molecule has 0 aromatic heterocycles. The van der Waals surface area contributed by atoms with Gasteiger partial charge in [-0.3, -0.25) is 4.79 Å². The Labute approximate surface area is 113 Å². The summed E-state index contributed by atoms with van der Waals surface area (Å²) in [5, 5.41) is 0.653. The van der Waals surface area contributed by atoms with Gasteiger partial charge in [-0.15, -0.1) is 0 Å². The number of amides is 1. The Balaban J connectivity index is 2.02. The van der Waals surface area contributed by atoms with Crippen LogP contribution < -0.4 is 0 Å². The van der Waals surface area contributed by atoms with Crippen LogP contribution >= 0.6 is 11.6 Å². The molecular formula is C14H18ClNO2. The molecule has 3 nitrogen and oxygen atoms in total. The maximum Gasteiger partial charge on any atom is 0.227 e. The van der Waals surface area contributed by atoms with Crippen molar-refractivity contribution in [2.75, 3.05) is 13.1 Å². The Morgan fingerprint density at radius 1 is 1.33 bits per heavy atom. The van der Waals surface area contributed by atoms with Gasteiger partial charge in [0.25, 0.3) is 0 Å². The average Bonchev–Trinajstić information content (AvgIpc) is 2.31. The summed E-state index contributed by atoms with van der Waals surface area (Å²) in [6.45, 7) is 5.30. The first-order valence-electron chi connectivity index (χ1n) is 6.23. The summed E-state index contributed by atoms with van der Waals surface area (Å²) in [4.78, 5) is 14.1. The number of carbonyl (C=O) groups excluding carboxylic acids is 1. The van der Waals surface area contributed by atoms with Crippen molar-refractivity contribution in [1.29, 1.82) is 0 Å². The number of hydrogen-bond donors (Lipinski definition) is 0. The summed E-state index contributed by atoms with van der Waals surface area (Å²) in [5.41, 5.74) is 0.885. The van der Waals surface area contributed by atoms with Gasteiger partial charge in [0.15, 0.2) is 0 Å². The predicted molar refractivity (Wildman–Crippen MR) is 71.7 cm³/mol. The van der Waals surface area contributed by atoms with Crippen LogP contribution in [0.2, 0.25) is 5.02 Å². The largest absolute Gasteiger partial charge is 0.372 e. The van der Waals surface area contributed by atoms with Gasteiger partial charge in [-0.2, -0.15) is 0 Å². The van der Waals surface area contributed by atoms with Gasteiger partial charge in [-0.05, 0) is 25.5 Å². The Morgan fingerprint density at radius 2 is 1.94 bits per heavy atom. The second kappa shape index (κ2) is 5.72. The van der Waals surface area contributed by atoms with Gasteiger partial charge in [-0.1, -0.05) is 29.8 Å². The van der Waals surface area contributed by atoms with E-state index >= 15 is 0 Å². The molecule has 1 amide bonds. The molecule has 0 N–H and O–H groups in total. The number of nitrogens with zero attached hydrogens (tertiary/aromatic N) is 1. The Morgan fingerprint density at radius 3 is 2.56 bits per heavy atom. The molecule has 0 saturated carbocycles. The van der Waals surface area contributed by atoms with Crippen LogP contribution in [0.15, 0.2) is 24.3 Å². The number of rotatable bonds is 2. The topological polar surface area (TPSA) is 29.5 Å². The minimum Gasteiger partial charge on any atom is -0.372 e. The first kappa shape index (κ1) is 13.4. The minimum atomic E-state index is 0.101. The quantitative estimate of drug-likeness (QED) is 0.824. The molecule has 0 spiro atoms. The van der Waals surface area contributed by atoms with E-state index in [1.54, 1.807) is 0 Å². The van der Waals surface area contributed by atoms with Crippen LogP contribution in [0.3, 0.4) is 0 Å². The second-order valence-electron chi connectivity index (χ2n) is 4.82. The van der Waals surface area contributed by atoms with Gasteiger partial charge in [0.2, 0.25) is 5.91 Å². The van der Waals surface area contributed by atoms with Crippen LogP contribution in [-0.2, 0) is 16.0 Å². The van der Waals surface area contributed by atoms with Crippen molar-refractivity contribution in [1.82, 2.24) is 4.90 Å². The summed E-state index contributed by atoms with van der Waals surface area (Å²) < 4.78 is 5.62. The van der Waals surface area contributed by atoms with E-state index in [-0.39, 0.29) is 18.1 Å². The molecule has 2 atom stereocenters. The monoisotopic (exact) mass is 267 g/mol. The summed E-state index contributed by atoms with van der Waals surface area (Å²) in [6.07, 6.45) is 0.562. The van der Waals surface area contributed by atoms with Gasteiger partial charge in [0.05, 0.1) is 18.6 Å². The number of hydrogen-bond acceptors (Lipinski definition) is 2. The van der Waals surface area contributed by atoms with E-state index in [4.69, 9.17) is 16.3 Å². The van der Waals surface area contributed by atoms with Crippen molar-refractivity contribution in [2.45, 2.75) is 32.5 Å². The highest BCUT2D eigenvalue weighted by molar-refractivity contribution is 6.31. The summed E-state index contributed by atoms with van der Waals surface area (Å²) in [5.74, 6) is 0.116. The molecule has 0 radical (unpaired) electrons. The fraction of sp³-hybridized carbons (Fsp3) is 0.500. The molecule has 1 heterocycles. The molecule has 1 aromatic rings. The summed E-state index contributed by atoms with van der Waals surface area (Å²) in [7, 11) is 0. The van der Waals surface area contributed by atoms with Crippen molar-refractivity contribution in [3.8, 4) is 0 Å². The average molecular weight is 268 g/mol. The SMILES string of the molecule is CC1CN(C(=O)Cc2ccccc2Cl)CC(C)O1. The van der Waals surface area contributed by atoms with Gasteiger partial charge in [0.1, 0.15) is 0 Å². The van der Waals surface area contributed by atoms with Crippen molar-refractivity contribution in [2.24, 2.45) is 0 Å². The smallest absolute Gasteiger partial charge is 0.227 e. The van der Waals surface area contributed by atoms with Crippen LogP contribution in [0.5, 0.6) is 0 Å². The zero-order chi connectivity index (χ0) is 13.1.